The van der Waals surface area contributed by atoms with Crippen LogP contribution >= 0.6 is 0 Å². The maximum absolute atomic E-state index is 15.0. The Morgan fingerprint density at radius 3 is 2.50 bits per heavy atom. The van der Waals surface area contributed by atoms with Crippen molar-refractivity contribution >= 4 is 10.0 Å². The fourth-order valence-corrected chi connectivity index (χ4v) is 6.52. The second-order valence-electron chi connectivity index (χ2n) is 8.03. The van der Waals surface area contributed by atoms with E-state index in [9.17, 15) is 8.42 Å². The van der Waals surface area contributed by atoms with E-state index in [1.807, 2.05) is 57.2 Å². The molecular formula is C23H26FN3O2S. The summed E-state index contributed by atoms with van der Waals surface area (Å²) >= 11 is 0. The number of nitrogens with zero attached hydrogens (tertiary/aromatic N) is 2. The maximum Gasteiger partial charge on any atom is 0.221 e. The van der Waals surface area contributed by atoms with Gasteiger partial charge in [-0.2, -0.15) is 9.40 Å². The largest absolute Gasteiger partial charge is 0.282 e. The summed E-state index contributed by atoms with van der Waals surface area (Å²) in [6.45, 7) is 5.69. The summed E-state index contributed by atoms with van der Waals surface area (Å²) in [4.78, 5) is 0. The topological polar surface area (TPSA) is 66.1 Å². The summed E-state index contributed by atoms with van der Waals surface area (Å²) in [7, 11) is -3.60. The number of benzene rings is 2. The number of aryl methyl sites for hydroxylation is 2. The number of rotatable bonds is 4. The molecule has 5 nitrogen and oxygen atoms in total. The Bertz CT molecular complexity index is 1140. The first-order chi connectivity index (χ1) is 14.3. The second kappa shape index (κ2) is 7.96. The van der Waals surface area contributed by atoms with Crippen LogP contribution in [0.15, 0.2) is 48.5 Å². The van der Waals surface area contributed by atoms with E-state index in [2.05, 4.69) is 10.2 Å². The van der Waals surface area contributed by atoms with Gasteiger partial charge in [-0.1, -0.05) is 42.5 Å². The van der Waals surface area contributed by atoms with Crippen molar-refractivity contribution in [3.05, 3.63) is 76.9 Å². The van der Waals surface area contributed by atoms with Crippen molar-refractivity contribution in [1.29, 1.82) is 0 Å². The van der Waals surface area contributed by atoms with E-state index < -0.39 is 21.1 Å². The quantitative estimate of drug-likeness (QED) is 0.645. The third kappa shape index (κ3) is 3.68. The van der Waals surface area contributed by atoms with E-state index in [-0.39, 0.29) is 12.6 Å². The highest BCUT2D eigenvalue weighted by atomic mass is 32.2. The first kappa shape index (κ1) is 20.8. The summed E-state index contributed by atoms with van der Waals surface area (Å²) in [5, 5.41) is 6.49. The highest BCUT2D eigenvalue weighted by molar-refractivity contribution is 7.89. The molecule has 0 saturated carbocycles. The van der Waals surface area contributed by atoms with Gasteiger partial charge in [0.15, 0.2) is 0 Å². The first-order valence-corrected chi connectivity index (χ1v) is 11.7. The zero-order chi connectivity index (χ0) is 21.5. The van der Waals surface area contributed by atoms with Crippen LogP contribution < -0.4 is 0 Å². The number of nitrogens with one attached hydrogen (secondary N) is 1. The Hall–Kier alpha value is -2.51. The molecule has 7 heteroatoms. The maximum atomic E-state index is 15.0. The number of aromatic amines is 1. The summed E-state index contributed by atoms with van der Waals surface area (Å²) in [5.41, 5.74) is 4.45. The smallest absolute Gasteiger partial charge is 0.221 e. The van der Waals surface area contributed by atoms with Gasteiger partial charge in [0.05, 0.1) is 5.69 Å². The highest BCUT2D eigenvalue weighted by Gasteiger charge is 2.40. The minimum absolute atomic E-state index is 0.0301. The molecule has 2 aromatic carbocycles. The molecule has 4 rings (SSSR count). The number of hydrogen-bond acceptors (Lipinski definition) is 3. The molecule has 2 heterocycles. The van der Waals surface area contributed by atoms with Crippen molar-refractivity contribution in [2.24, 2.45) is 0 Å². The van der Waals surface area contributed by atoms with E-state index in [1.165, 1.54) is 10.4 Å². The zero-order valence-electron chi connectivity index (χ0n) is 17.4. The van der Waals surface area contributed by atoms with E-state index in [0.717, 1.165) is 34.5 Å². The fraction of sp³-hybridized carbons (Fsp3) is 0.348. The monoisotopic (exact) mass is 427 g/mol. The molecule has 1 unspecified atom stereocenters. The van der Waals surface area contributed by atoms with Crippen molar-refractivity contribution < 1.29 is 12.8 Å². The molecule has 1 saturated heterocycles. The zero-order valence-corrected chi connectivity index (χ0v) is 18.2. The van der Waals surface area contributed by atoms with Crippen LogP contribution in [0, 0.1) is 19.7 Å². The van der Waals surface area contributed by atoms with Gasteiger partial charge in [-0.05, 0) is 50.8 Å². The van der Waals surface area contributed by atoms with Crippen molar-refractivity contribution in [2.75, 3.05) is 0 Å². The standard InChI is InChI=1S/C23H26FN3O2S/c1-15-9-12-22(18-7-5-4-6-8-18)30(28,29)27(15)14-20-11-10-19(13-21(20)24)23-16(2)25-26-17(23)3/h4-8,10-11,13,15,22H,9,12,14H2,1-3H3,(H,25,26)/t15-,22?/m0/s1. The number of H-pyrrole nitrogens is 1. The molecule has 1 N–H and O–H groups in total. The van der Waals surface area contributed by atoms with Crippen LogP contribution in [0.25, 0.3) is 11.1 Å². The fourth-order valence-electron chi connectivity index (χ4n) is 4.33. The summed E-state index contributed by atoms with van der Waals surface area (Å²) in [6.07, 6.45) is 1.32. The van der Waals surface area contributed by atoms with Crippen LogP contribution in [0.3, 0.4) is 0 Å². The van der Waals surface area contributed by atoms with Crippen molar-refractivity contribution in [1.82, 2.24) is 14.5 Å². The van der Waals surface area contributed by atoms with Crippen molar-refractivity contribution in [3.63, 3.8) is 0 Å². The van der Waals surface area contributed by atoms with E-state index in [4.69, 9.17) is 0 Å². The lowest BCUT2D eigenvalue weighted by molar-refractivity contribution is 0.279. The minimum Gasteiger partial charge on any atom is -0.282 e. The molecule has 3 aromatic rings. The first-order valence-electron chi connectivity index (χ1n) is 10.1. The number of halogens is 1. The Kier molecular flexibility index (Phi) is 5.51. The van der Waals surface area contributed by atoms with E-state index in [0.29, 0.717) is 12.0 Å². The molecular weight excluding hydrogens is 401 g/mol. The van der Waals surface area contributed by atoms with Gasteiger partial charge < -0.3 is 0 Å². The van der Waals surface area contributed by atoms with Crippen molar-refractivity contribution in [2.45, 2.75) is 51.4 Å². The number of aromatic nitrogens is 2. The molecule has 158 valence electrons. The molecule has 1 aliphatic rings. The van der Waals surface area contributed by atoms with E-state index in [1.54, 1.807) is 6.07 Å². The van der Waals surface area contributed by atoms with Gasteiger partial charge in [-0.15, -0.1) is 0 Å². The van der Waals surface area contributed by atoms with Gasteiger partial charge in [0.2, 0.25) is 10.0 Å². The van der Waals surface area contributed by atoms with Gasteiger partial charge in [0, 0.05) is 29.4 Å². The lowest BCUT2D eigenvalue weighted by Gasteiger charge is -2.37. The Balaban J connectivity index is 1.64. The SMILES string of the molecule is Cc1n[nH]c(C)c1-c1ccc(CN2[C@@H](C)CCC(c3ccccc3)S2(=O)=O)c(F)c1. The van der Waals surface area contributed by atoms with Gasteiger partial charge in [-0.25, -0.2) is 12.8 Å². The molecule has 1 aromatic heterocycles. The van der Waals surface area contributed by atoms with Gasteiger partial charge in [-0.3, -0.25) is 5.10 Å². The molecule has 0 spiro atoms. The predicted molar refractivity (Wildman–Crippen MR) is 116 cm³/mol. The molecule has 0 amide bonds. The number of hydrogen-bond donors (Lipinski definition) is 1. The minimum atomic E-state index is -3.60. The third-order valence-corrected chi connectivity index (χ3v) is 8.36. The highest BCUT2D eigenvalue weighted by Crippen LogP contribution is 2.38. The summed E-state index contributed by atoms with van der Waals surface area (Å²) in [5.74, 6) is -0.406. The van der Waals surface area contributed by atoms with Crippen LogP contribution in [0.2, 0.25) is 0 Å². The molecule has 1 fully saturated rings. The average Bonchev–Trinajstić information content (AvgIpc) is 3.05. The van der Waals surface area contributed by atoms with Gasteiger partial charge in [0.1, 0.15) is 11.1 Å². The number of sulfonamides is 1. The molecule has 1 aliphatic heterocycles. The average molecular weight is 428 g/mol. The second-order valence-corrected chi connectivity index (χ2v) is 10.1. The van der Waals surface area contributed by atoms with E-state index >= 15 is 4.39 Å². The molecule has 0 bridgehead atoms. The van der Waals surface area contributed by atoms with Crippen LogP contribution in [0.1, 0.15) is 47.5 Å². The lowest BCUT2D eigenvalue weighted by Crippen LogP contribution is -2.44. The molecule has 0 aliphatic carbocycles. The molecule has 2 atom stereocenters. The predicted octanol–water partition coefficient (Wildman–Crippen LogP) is 4.89. The van der Waals surface area contributed by atoms with Gasteiger partial charge >= 0.3 is 0 Å². The van der Waals surface area contributed by atoms with Gasteiger partial charge in [0.25, 0.3) is 0 Å². The van der Waals surface area contributed by atoms with Crippen molar-refractivity contribution in [3.8, 4) is 11.1 Å². The Morgan fingerprint density at radius 2 is 1.87 bits per heavy atom. The van der Waals surface area contributed by atoms with Crippen LogP contribution in [-0.2, 0) is 16.6 Å². The summed E-state index contributed by atoms with van der Waals surface area (Å²) in [6, 6.07) is 14.1. The van der Waals surface area contributed by atoms with Crippen LogP contribution in [-0.4, -0.2) is 29.0 Å². The Morgan fingerprint density at radius 1 is 1.13 bits per heavy atom. The molecule has 0 radical (unpaired) electrons. The lowest BCUT2D eigenvalue weighted by atomic mass is 10.0. The van der Waals surface area contributed by atoms with Crippen LogP contribution in [0.4, 0.5) is 4.39 Å². The third-order valence-electron chi connectivity index (χ3n) is 5.99. The Labute approximate surface area is 177 Å². The normalized spacial score (nSPS) is 21.6. The summed E-state index contributed by atoms with van der Waals surface area (Å²) < 4.78 is 43.2. The van der Waals surface area contributed by atoms with Crippen LogP contribution in [0.5, 0.6) is 0 Å². The molecule has 30 heavy (non-hydrogen) atoms.